The minimum absolute atomic E-state index is 0.0925. The summed E-state index contributed by atoms with van der Waals surface area (Å²) < 4.78 is 11.5. The molecule has 1 aromatic heterocycles. The van der Waals surface area contributed by atoms with Crippen LogP contribution in [-0.2, 0) is 9.53 Å². The fourth-order valence-electron chi connectivity index (χ4n) is 3.82. The standard InChI is InChI=1S/C20H33NO3/c1-15(22)21(16-10-13-24-20(5,6)14-16)11-9-17(19(2,3)4)18-8-7-12-23-18/h7-8,12,16-17H,9-11,13-14H2,1-6H3/t16-,17-/m0/s1. The molecule has 2 atom stereocenters. The van der Waals surface area contributed by atoms with Gasteiger partial charge in [0.15, 0.2) is 0 Å². The van der Waals surface area contributed by atoms with Crippen molar-refractivity contribution in [1.29, 1.82) is 0 Å². The Balaban J connectivity index is 2.08. The highest BCUT2D eigenvalue weighted by molar-refractivity contribution is 5.73. The first-order chi connectivity index (χ1) is 11.1. The number of amides is 1. The van der Waals surface area contributed by atoms with Gasteiger partial charge in [-0.15, -0.1) is 0 Å². The van der Waals surface area contributed by atoms with E-state index in [0.717, 1.165) is 38.2 Å². The molecule has 2 rings (SSSR count). The van der Waals surface area contributed by atoms with Gasteiger partial charge in [0.05, 0.1) is 11.9 Å². The molecule has 136 valence electrons. The van der Waals surface area contributed by atoms with Gasteiger partial charge in [0.2, 0.25) is 5.91 Å². The molecule has 1 aliphatic rings. The lowest BCUT2D eigenvalue weighted by molar-refractivity contribution is -0.138. The SMILES string of the molecule is CC(=O)N(CC[C@@H](c1ccco1)C(C)(C)C)[C@H]1CCOC(C)(C)C1. The highest BCUT2D eigenvalue weighted by atomic mass is 16.5. The van der Waals surface area contributed by atoms with E-state index in [2.05, 4.69) is 34.6 Å². The summed E-state index contributed by atoms with van der Waals surface area (Å²) >= 11 is 0. The van der Waals surface area contributed by atoms with Crippen molar-refractivity contribution in [3.05, 3.63) is 24.2 Å². The molecule has 0 saturated carbocycles. The third-order valence-corrected chi connectivity index (χ3v) is 5.11. The van der Waals surface area contributed by atoms with Crippen LogP contribution in [0.4, 0.5) is 0 Å². The average Bonchev–Trinajstić information content (AvgIpc) is 2.94. The van der Waals surface area contributed by atoms with Crippen LogP contribution < -0.4 is 0 Å². The molecule has 24 heavy (non-hydrogen) atoms. The van der Waals surface area contributed by atoms with E-state index in [9.17, 15) is 4.79 Å². The zero-order valence-corrected chi connectivity index (χ0v) is 16.1. The summed E-state index contributed by atoms with van der Waals surface area (Å²) in [6.45, 7) is 14.1. The maximum absolute atomic E-state index is 12.3. The Hall–Kier alpha value is -1.29. The van der Waals surface area contributed by atoms with Crippen LogP contribution in [0.2, 0.25) is 0 Å². The van der Waals surface area contributed by atoms with E-state index in [0.29, 0.717) is 5.92 Å². The second kappa shape index (κ2) is 7.30. The number of carbonyl (C=O) groups is 1. The first-order valence-electron chi connectivity index (χ1n) is 9.05. The molecule has 4 nitrogen and oxygen atoms in total. The molecule has 0 bridgehead atoms. The summed E-state index contributed by atoms with van der Waals surface area (Å²) in [5, 5.41) is 0. The van der Waals surface area contributed by atoms with Crippen molar-refractivity contribution >= 4 is 5.91 Å². The highest BCUT2D eigenvalue weighted by Gasteiger charge is 2.35. The quantitative estimate of drug-likeness (QED) is 0.789. The normalized spacial score (nSPS) is 22.2. The van der Waals surface area contributed by atoms with Crippen LogP contribution in [0.15, 0.2) is 22.8 Å². The number of nitrogens with zero attached hydrogens (tertiary/aromatic N) is 1. The van der Waals surface area contributed by atoms with Gasteiger partial charge in [-0.05, 0) is 50.7 Å². The summed E-state index contributed by atoms with van der Waals surface area (Å²) in [5.41, 5.74) is -0.0592. The monoisotopic (exact) mass is 335 g/mol. The lowest BCUT2D eigenvalue weighted by Gasteiger charge is -2.42. The summed E-state index contributed by atoms with van der Waals surface area (Å²) in [7, 11) is 0. The molecular weight excluding hydrogens is 302 g/mol. The Bertz CT molecular complexity index is 528. The molecule has 1 amide bonds. The van der Waals surface area contributed by atoms with E-state index < -0.39 is 0 Å². The molecule has 0 N–H and O–H groups in total. The molecule has 0 unspecified atom stereocenters. The molecule has 0 spiro atoms. The van der Waals surface area contributed by atoms with Crippen molar-refractivity contribution in [2.45, 2.75) is 78.4 Å². The Morgan fingerprint density at radius 2 is 2.12 bits per heavy atom. The maximum Gasteiger partial charge on any atom is 0.219 e. The van der Waals surface area contributed by atoms with Crippen molar-refractivity contribution in [2.24, 2.45) is 5.41 Å². The predicted molar refractivity (Wildman–Crippen MR) is 96.0 cm³/mol. The van der Waals surface area contributed by atoms with E-state index in [1.165, 1.54) is 0 Å². The van der Waals surface area contributed by atoms with Crippen molar-refractivity contribution in [2.75, 3.05) is 13.2 Å². The van der Waals surface area contributed by atoms with Gasteiger partial charge in [-0.2, -0.15) is 0 Å². The number of ether oxygens (including phenoxy) is 1. The van der Waals surface area contributed by atoms with Crippen LogP contribution in [0.25, 0.3) is 0 Å². The van der Waals surface area contributed by atoms with Crippen LogP contribution in [0.3, 0.4) is 0 Å². The van der Waals surface area contributed by atoms with Gasteiger partial charge < -0.3 is 14.1 Å². The van der Waals surface area contributed by atoms with Crippen LogP contribution >= 0.6 is 0 Å². The predicted octanol–water partition coefficient (Wildman–Crippen LogP) is 4.61. The van der Waals surface area contributed by atoms with E-state index in [4.69, 9.17) is 9.15 Å². The van der Waals surface area contributed by atoms with Crippen LogP contribution in [0, 0.1) is 5.41 Å². The van der Waals surface area contributed by atoms with Gasteiger partial charge in [0.1, 0.15) is 5.76 Å². The largest absolute Gasteiger partial charge is 0.469 e. The lowest BCUT2D eigenvalue weighted by Crippen LogP contribution is -2.48. The molecule has 1 aliphatic heterocycles. The van der Waals surface area contributed by atoms with Crippen LogP contribution in [-0.4, -0.2) is 35.6 Å². The van der Waals surface area contributed by atoms with Gasteiger partial charge in [0.25, 0.3) is 0 Å². The lowest BCUT2D eigenvalue weighted by atomic mass is 9.77. The number of hydrogen-bond donors (Lipinski definition) is 0. The Labute approximate surface area is 146 Å². The first-order valence-corrected chi connectivity index (χ1v) is 9.05. The van der Waals surface area contributed by atoms with Gasteiger partial charge in [-0.1, -0.05) is 20.8 Å². The van der Waals surface area contributed by atoms with Crippen molar-refractivity contribution in [3.63, 3.8) is 0 Å². The highest BCUT2D eigenvalue weighted by Crippen LogP contribution is 2.38. The molecule has 4 heteroatoms. The van der Waals surface area contributed by atoms with Gasteiger partial charge in [-0.3, -0.25) is 4.79 Å². The zero-order valence-electron chi connectivity index (χ0n) is 16.1. The molecule has 1 aromatic rings. The molecule has 0 aromatic carbocycles. The fourth-order valence-corrected chi connectivity index (χ4v) is 3.82. The number of rotatable bonds is 5. The molecule has 1 saturated heterocycles. The zero-order chi connectivity index (χ0) is 18.0. The average molecular weight is 335 g/mol. The third kappa shape index (κ3) is 4.85. The summed E-state index contributed by atoms with van der Waals surface area (Å²) in [4.78, 5) is 14.3. The topological polar surface area (TPSA) is 42.7 Å². The molecule has 0 aliphatic carbocycles. The summed E-state index contributed by atoms with van der Waals surface area (Å²) in [6.07, 6.45) is 4.46. The number of furan rings is 1. The fraction of sp³-hybridized carbons (Fsp3) is 0.750. The van der Waals surface area contributed by atoms with Gasteiger partial charge in [-0.25, -0.2) is 0 Å². The minimum Gasteiger partial charge on any atom is -0.469 e. The van der Waals surface area contributed by atoms with E-state index >= 15 is 0 Å². The summed E-state index contributed by atoms with van der Waals surface area (Å²) in [6, 6.07) is 4.26. The van der Waals surface area contributed by atoms with Crippen LogP contribution in [0.5, 0.6) is 0 Å². The van der Waals surface area contributed by atoms with Crippen molar-refractivity contribution in [1.82, 2.24) is 4.90 Å². The van der Waals surface area contributed by atoms with E-state index in [1.807, 2.05) is 17.0 Å². The second-order valence-electron chi connectivity index (χ2n) is 8.69. The Morgan fingerprint density at radius 1 is 1.42 bits per heavy atom. The second-order valence-corrected chi connectivity index (χ2v) is 8.69. The van der Waals surface area contributed by atoms with E-state index in [1.54, 1.807) is 13.2 Å². The van der Waals surface area contributed by atoms with Crippen molar-refractivity contribution < 1.29 is 13.9 Å². The maximum atomic E-state index is 12.3. The molecule has 0 radical (unpaired) electrons. The number of carbonyl (C=O) groups excluding carboxylic acids is 1. The third-order valence-electron chi connectivity index (χ3n) is 5.11. The summed E-state index contributed by atoms with van der Waals surface area (Å²) in [5.74, 6) is 1.46. The van der Waals surface area contributed by atoms with Gasteiger partial charge in [0, 0.05) is 32.0 Å². The molecule has 2 heterocycles. The van der Waals surface area contributed by atoms with E-state index in [-0.39, 0.29) is 23.0 Å². The smallest absolute Gasteiger partial charge is 0.219 e. The van der Waals surface area contributed by atoms with Crippen molar-refractivity contribution in [3.8, 4) is 0 Å². The van der Waals surface area contributed by atoms with Gasteiger partial charge >= 0.3 is 0 Å². The molecular formula is C20H33NO3. The van der Waals surface area contributed by atoms with Crippen LogP contribution in [0.1, 0.15) is 72.5 Å². The Kier molecular flexibility index (Phi) is 5.79. The first kappa shape index (κ1) is 19.0. The Morgan fingerprint density at radius 3 is 2.62 bits per heavy atom. The number of hydrogen-bond acceptors (Lipinski definition) is 3. The minimum atomic E-state index is -0.152. The molecule has 1 fully saturated rings.